The second kappa shape index (κ2) is 7.85. The number of pyridine rings is 1. The molecule has 1 aliphatic rings. The molecule has 2 aromatic rings. The van der Waals surface area contributed by atoms with Gasteiger partial charge in [-0.15, -0.1) is 0 Å². The van der Waals surface area contributed by atoms with Gasteiger partial charge in [-0.2, -0.15) is 9.57 Å². The Balaban J connectivity index is 1.57. The van der Waals surface area contributed by atoms with Crippen LogP contribution in [-0.4, -0.2) is 37.4 Å². The Labute approximate surface area is 154 Å². The summed E-state index contributed by atoms with van der Waals surface area (Å²) in [5, 5.41) is 8.83. The summed E-state index contributed by atoms with van der Waals surface area (Å²) >= 11 is 0. The summed E-state index contributed by atoms with van der Waals surface area (Å²) in [7, 11) is -3.51. The molecule has 0 bridgehead atoms. The zero-order valence-corrected chi connectivity index (χ0v) is 15.4. The van der Waals surface area contributed by atoms with Crippen molar-refractivity contribution < 1.29 is 13.2 Å². The molecule has 1 saturated heterocycles. The van der Waals surface area contributed by atoms with Gasteiger partial charge in [-0.25, -0.2) is 13.4 Å². The van der Waals surface area contributed by atoms with Gasteiger partial charge >= 0.3 is 0 Å². The molecule has 0 saturated carbocycles. The van der Waals surface area contributed by atoms with E-state index in [1.807, 2.05) is 25.1 Å². The molecule has 3 rings (SSSR count). The predicted octanol–water partition coefficient (Wildman–Crippen LogP) is 2.74. The molecular formula is C19H21N3O3S. The van der Waals surface area contributed by atoms with Crippen LogP contribution in [0.3, 0.4) is 0 Å². The van der Waals surface area contributed by atoms with E-state index in [-0.39, 0.29) is 4.90 Å². The van der Waals surface area contributed by atoms with Gasteiger partial charge in [0.15, 0.2) is 0 Å². The second-order valence-corrected chi connectivity index (χ2v) is 8.36. The highest BCUT2D eigenvalue weighted by Gasteiger charge is 2.29. The van der Waals surface area contributed by atoms with E-state index in [0.717, 1.165) is 18.4 Å². The normalized spacial score (nSPS) is 16.2. The molecule has 0 unspecified atom stereocenters. The third-order valence-corrected chi connectivity index (χ3v) is 6.52. The summed E-state index contributed by atoms with van der Waals surface area (Å²) in [5.74, 6) is 0.948. The Morgan fingerprint density at radius 1 is 1.23 bits per heavy atom. The summed E-state index contributed by atoms with van der Waals surface area (Å²) in [5.41, 5.74) is 1.44. The van der Waals surface area contributed by atoms with Crippen LogP contribution in [0.15, 0.2) is 47.5 Å². The molecule has 1 aromatic carbocycles. The van der Waals surface area contributed by atoms with Crippen LogP contribution >= 0.6 is 0 Å². The number of hydrogen-bond donors (Lipinski definition) is 0. The second-order valence-electron chi connectivity index (χ2n) is 6.42. The number of aromatic nitrogens is 1. The molecule has 6 nitrogen and oxygen atoms in total. The first-order chi connectivity index (χ1) is 12.5. The Bertz CT molecular complexity index is 896. The number of piperidine rings is 1. The lowest BCUT2D eigenvalue weighted by Crippen LogP contribution is -2.39. The van der Waals surface area contributed by atoms with Crippen LogP contribution in [0.25, 0.3) is 0 Å². The average molecular weight is 371 g/mol. The largest absolute Gasteiger partial charge is 0.477 e. The Hall–Kier alpha value is -2.43. The quantitative estimate of drug-likeness (QED) is 0.807. The van der Waals surface area contributed by atoms with Gasteiger partial charge in [0, 0.05) is 24.8 Å². The molecule has 0 aliphatic carbocycles. The van der Waals surface area contributed by atoms with E-state index in [9.17, 15) is 8.42 Å². The first-order valence-corrected chi connectivity index (χ1v) is 9.99. The van der Waals surface area contributed by atoms with Crippen molar-refractivity contribution in [2.75, 3.05) is 19.7 Å². The molecule has 0 spiro atoms. The molecule has 26 heavy (non-hydrogen) atoms. The van der Waals surface area contributed by atoms with Crippen LogP contribution in [0.1, 0.15) is 24.0 Å². The summed E-state index contributed by atoms with van der Waals surface area (Å²) in [6, 6.07) is 11.9. The van der Waals surface area contributed by atoms with Gasteiger partial charge in [0.05, 0.1) is 23.1 Å². The number of benzene rings is 1. The third kappa shape index (κ3) is 4.03. The monoisotopic (exact) mass is 371 g/mol. The molecule has 1 aromatic heterocycles. The number of nitrogens with zero attached hydrogens (tertiary/aromatic N) is 3. The van der Waals surface area contributed by atoms with E-state index >= 15 is 0 Å². The van der Waals surface area contributed by atoms with Crippen molar-refractivity contribution in [2.45, 2.75) is 24.7 Å². The lowest BCUT2D eigenvalue weighted by molar-refractivity contribution is 0.180. The van der Waals surface area contributed by atoms with E-state index in [1.54, 1.807) is 6.20 Å². The van der Waals surface area contributed by atoms with E-state index in [0.29, 0.717) is 37.1 Å². The first-order valence-electron chi connectivity index (χ1n) is 8.55. The van der Waals surface area contributed by atoms with E-state index < -0.39 is 10.0 Å². The van der Waals surface area contributed by atoms with E-state index in [4.69, 9.17) is 10.00 Å². The van der Waals surface area contributed by atoms with Gasteiger partial charge in [0.2, 0.25) is 15.9 Å². The topological polar surface area (TPSA) is 83.3 Å². The fraction of sp³-hybridized carbons (Fsp3) is 0.368. The molecule has 0 radical (unpaired) electrons. The highest BCUT2D eigenvalue weighted by Crippen LogP contribution is 2.25. The molecule has 136 valence electrons. The Morgan fingerprint density at radius 3 is 2.54 bits per heavy atom. The summed E-state index contributed by atoms with van der Waals surface area (Å²) in [4.78, 5) is 4.45. The molecule has 0 amide bonds. The molecule has 0 atom stereocenters. The first kappa shape index (κ1) is 18.4. The van der Waals surface area contributed by atoms with Gasteiger partial charge in [-0.05, 0) is 56.0 Å². The van der Waals surface area contributed by atoms with Gasteiger partial charge in [0.25, 0.3) is 0 Å². The van der Waals surface area contributed by atoms with Crippen LogP contribution in [0, 0.1) is 24.2 Å². The average Bonchev–Trinajstić information content (AvgIpc) is 2.68. The van der Waals surface area contributed by atoms with Crippen LogP contribution in [0.4, 0.5) is 0 Å². The number of aryl methyl sites for hydroxylation is 1. The minimum absolute atomic E-state index is 0.232. The fourth-order valence-electron chi connectivity index (χ4n) is 2.99. The molecule has 7 heteroatoms. The van der Waals surface area contributed by atoms with Crippen molar-refractivity contribution in [1.29, 1.82) is 5.26 Å². The highest BCUT2D eigenvalue weighted by molar-refractivity contribution is 7.89. The predicted molar refractivity (Wildman–Crippen MR) is 97.1 cm³/mol. The van der Waals surface area contributed by atoms with Crippen LogP contribution < -0.4 is 4.74 Å². The van der Waals surface area contributed by atoms with Gasteiger partial charge in [-0.1, -0.05) is 6.07 Å². The van der Waals surface area contributed by atoms with Crippen molar-refractivity contribution >= 4 is 10.0 Å². The standard InChI is InChI=1S/C19H21N3O3S/c1-15-3-2-10-21-19(15)25-14-17-8-11-22(12-9-17)26(23,24)18-6-4-16(13-20)5-7-18/h2-7,10,17H,8-9,11-12,14H2,1H3. The van der Waals surface area contributed by atoms with Crippen LogP contribution in [0.5, 0.6) is 5.88 Å². The van der Waals surface area contributed by atoms with Crippen molar-refractivity contribution in [1.82, 2.24) is 9.29 Å². The third-order valence-electron chi connectivity index (χ3n) is 4.61. The smallest absolute Gasteiger partial charge is 0.243 e. The number of nitriles is 1. The fourth-order valence-corrected chi connectivity index (χ4v) is 4.46. The summed E-state index contributed by atoms with van der Waals surface area (Å²) < 4.78 is 32.7. The van der Waals surface area contributed by atoms with Gasteiger partial charge in [0.1, 0.15) is 0 Å². The van der Waals surface area contributed by atoms with Crippen molar-refractivity contribution in [3.8, 4) is 11.9 Å². The minimum Gasteiger partial charge on any atom is -0.477 e. The summed E-state index contributed by atoms with van der Waals surface area (Å²) in [6.07, 6.45) is 3.21. The zero-order chi connectivity index (χ0) is 18.6. The van der Waals surface area contributed by atoms with E-state index in [1.165, 1.54) is 28.6 Å². The molecule has 1 fully saturated rings. The minimum atomic E-state index is -3.51. The van der Waals surface area contributed by atoms with E-state index in [2.05, 4.69) is 4.98 Å². The Kier molecular flexibility index (Phi) is 5.55. The lowest BCUT2D eigenvalue weighted by Gasteiger charge is -2.31. The van der Waals surface area contributed by atoms with Crippen molar-refractivity contribution in [2.24, 2.45) is 5.92 Å². The lowest BCUT2D eigenvalue weighted by atomic mass is 9.99. The Morgan fingerprint density at radius 2 is 1.92 bits per heavy atom. The zero-order valence-electron chi connectivity index (χ0n) is 14.6. The molecule has 1 aliphatic heterocycles. The number of ether oxygens (including phenoxy) is 1. The molecular weight excluding hydrogens is 350 g/mol. The van der Waals surface area contributed by atoms with Crippen molar-refractivity contribution in [3.63, 3.8) is 0 Å². The van der Waals surface area contributed by atoms with Gasteiger partial charge in [-0.3, -0.25) is 0 Å². The molecule has 0 N–H and O–H groups in total. The molecule has 2 heterocycles. The van der Waals surface area contributed by atoms with Crippen LogP contribution in [0.2, 0.25) is 0 Å². The number of rotatable bonds is 5. The number of hydrogen-bond acceptors (Lipinski definition) is 5. The maximum Gasteiger partial charge on any atom is 0.243 e. The maximum atomic E-state index is 12.7. The highest BCUT2D eigenvalue weighted by atomic mass is 32.2. The number of sulfonamides is 1. The maximum absolute atomic E-state index is 12.7. The SMILES string of the molecule is Cc1cccnc1OCC1CCN(S(=O)(=O)c2ccc(C#N)cc2)CC1. The van der Waals surface area contributed by atoms with Gasteiger partial charge < -0.3 is 4.74 Å². The van der Waals surface area contributed by atoms with Crippen molar-refractivity contribution in [3.05, 3.63) is 53.7 Å². The summed E-state index contributed by atoms with van der Waals surface area (Å²) in [6.45, 7) is 3.44. The van der Waals surface area contributed by atoms with Crippen LogP contribution in [-0.2, 0) is 10.0 Å².